The van der Waals surface area contributed by atoms with Crippen LogP contribution in [0.5, 0.6) is 0 Å². The van der Waals surface area contributed by atoms with Crippen molar-refractivity contribution in [3.8, 4) is 12.3 Å². The Hall–Kier alpha value is -2.62. The summed E-state index contributed by atoms with van der Waals surface area (Å²) in [6, 6.07) is -4.57. The molecule has 0 aromatic rings. The molecule has 0 aromatic carbocycles. The van der Waals surface area contributed by atoms with Crippen molar-refractivity contribution in [2.45, 2.75) is 324 Å². The number of hydrogen-bond acceptors (Lipinski definition) is 28. The van der Waals surface area contributed by atoms with E-state index in [9.17, 15) is 89.2 Å². The molecule has 0 aromatic heterocycles. The zero-order valence-corrected chi connectivity index (χ0v) is 72.0. The molecule has 33 atom stereocenters. The lowest BCUT2D eigenvalue weighted by molar-refractivity contribution is -0.213. The van der Waals surface area contributed by atoms with Gasteiger partial charge in [-0.3, -0.25) is 38.8 Å². The highest BCUT2D eigenvalue weighted by atomic mass is 32.2. The van der Waals surface area contributed by atoms with Crippen LogP contribution < -0.4 is 21.3 Å². The third-order valence-corrected chi connectivity index (χ3v) is 28.7. The minimum Gasteiger partial charge on any atom is -0.388 e. The number of rotatable bonds is 29. The third-order valence-electron chi connectivity index (χ3n) is 25.3. The molecule has 10 rings (SSSR count). The highest BCUT2D eigenvalue weighted by Crippen LogP contribution is 2.47. The topological polar surface area (TPSA) is 409 Å². The average Bonchev–Trinajstić information content (AvgIpc) is 1.41. The molecule has 28 nitrogen and oxygen atoms in total. The van der Waals surface area contributed by atoms with E-state index in [1.54, 1.807) is 32.1 Å². The predicted octanol–water partition coefficient (Wildman–Crippen LogP) is 2.05. The van der Waals surface area contributed by atoms with Gasteiger partial charge in [0.15, 0.2) is 0 Å². The SMILES string of the molecule is C#CC[C@@H](NC(=O)[C@@H]1C[C@@H](CCC)CN1C)[C@H]1OC(SC)[C@H](O)[C@H](O)C1O.C=CC1([C@@H](NC(=O)[C@@H]2C[C@@H](CCC)CN2C)[C@H]2OC(SC)[C@H](O)[C@H](O)C2O)CCCC1.CCC[C@@H]1C[C@@H](C(=O)N[C@H](C(F)F)[C@H]2OC(SC)[C@H](O)[C@H](O)C2O)N(C)C1.CCC[C@@H]1C[C@@H](C(=O)N[C@H]([C@H]2C=CCC2)[C@H]2OC(SC)[C@H](O)[C@H](O)C2O)N(C)C1. The predicted molar refractivity (Wildman–Crippen MR) is 439 cm³/mol. The second kappa shape index (κ2) is 46.6. The van der Waals surface area contributed by atoms with E-state index in [2.05, 4.69) is 83.4 Å². The average molecular weight is 1700 g/mol. The van der Waals surface area contributed by atoms with Crippen LogP contribution in [0.3, 0.4) is 0 Å². The second-order valence-corrected chi connectivity index (χ2v) is 37.1. The maximum absolute atomic E-state index is 13.7. The van der Waals surface area contributed by atoms with Crippen molar-refractivity contribution < 1.29 is 108 Å². The zero-order chi connectivity index (χ0) is 84.3. The summed E-state index contributed by atoms with van der Waals surface area (Å²) < 4.78 is 50.6. The molecule has 8 aliphatic heterocycles. The van der Waals surface area contributed by atoms with E-state index in [0.29, 0.717) is 30.1 Å². The number of alkyl halides is 2. The van der Waals surface area contributed by atoms with Crippen LogP contribution in [-0.4, -0.2) is 358 Å². The number of aliphatic hydroxyl groups excluding tert-OH is 12. The number of nitrogens with one attached hydrogen (secondary N) is 4. The summed E-state index contributed by atoms with van der Waals surface area (Å²) >= 11 is 4.85. The van der Waals surface area contributed by atoms with Crippen molar-refractivity contribution >= 4 is 70.7 Å². The van der Waals surface area contributed by atoms with E-state index in [4.69, 9.17) is 25.4 Å². The lowest BCUT2D eigenvalue weighted by Crippen LogP contribution is -2.66. The van der Waals surface area contributed by atoms with Gasteiger partial charge >= 0.3 is 0 Å². The number of hydrogen-bond donors (Lipinski definition) is 16. The van der Waals surface area contributed by atoms with Crippen LogP contribution in [-0.2, 0) is 38.1 Å². The van der Waals surface area contributed by atoms with Crippen molar-refractivity contribution in [2.75, 3.05) is 79.4 Å². The number of carbonyl (C=O) groups excluding carboxylic acids is 4. The van der Waals surface area contributed by atoms with Gasteiger partial charge in [0.2, 0.25) is 23.6 Å². The first-order valence-corrected chi connectivity index (χ1v) is 46.3. The summed E-state index contributed by atoms with van der Waals surface area (Å²) in [6.45, 7) is 16.0. The van der Waals surface area contributed by atoms with Crippen molar-refractivity contribution in [3.63, 3.8) is 0 Å². The molecule has 114 heavy (non-hydrogen) atoms. The summed E-state index contributed by atoms with van der Waals surface area (Å²) in [7, 11) is 7.70. The van der Waals surface area contributed by atoms with Crippen molar-refractivity contribution in [2.24, 2.45) is 35.0 Å². The molecule has 8 saturated heterocycles. The van der Waals surface area contributed by atoms with E-state index < -0.39 is 167 Å². The largest absolute Gasteiger partial charge is 0.388 e. The molecule has 8 heterocycles. The van der Waals surface area contributed by atoms with Gasteiger partial charge in [-0.05, 0) is 160 Å². The second-order valence-electron chi connectivity index (χ2n) is 33.3. The quantitative estimate of drug-likeness (QED) is 0.0376. The maximum atomic E-state index is 13.7. The van der Waals surface area contributed by atoms with Gasteiger partial charge in [-0.25, -0.2) is 8.78 Å². The maximum Gasteiger partial charge on any atom is 0.261 e. The van der Waals surface area contributed by atoms with Crippen LogP contribution in [0.4, 0.5) is 8.78 Å². The summed E-state index contributed by atoms with van der Waals surface area (Å²) in [4.78, 5) is 60.2. The molecule has 656 valence electrons. The van der Waals surface area contributed by atoms with Crippen LogP contribution in [0, 0.1) is 47.3 Å². The van der Waals surface area contributed by atoms with Crippen LogP contribution in [0.2, 0.25) is 0 Å². The molecule has 2 aliphatic carbocycles. The van der Waals surface area contributed by atoms with Crippen molar-refractivity contribution in [1.29, 1.82) is 0 Å². The van der Waals surface area contributed by atoms with Gasteiger partial charge in [0.05, 0.1) is 42.3 Å². The molecule has 10 aliphatic rings. The summed E-state index contributed by atoms with van der Waals surface area (Å²) in [6.07, 6.45) is 12.4. The number of amides is 4. The molecule has 9 fully saturated rings. The van der Waals surface area contributed by atoms with Gasteiger partial charge in [-0.15, -0.1) is 66.0 Å². The number of likely N-dealkylation sites (tertiary alicyclic amines) is 4. The minimum atomic E-state index is -3.00. The van der Waals surface area contributed by atoms with E-state index >= 15 is 0 Å². The summed E-state index contributed by atoms with van der Waals surface area (Å²) in [5, 5.41) is 135. The fourth-order valence-corrected chi connectivity index (χ4v) is 21.6. The molecule has 1 saturated carbocycles. The molecule has 4 amide bonds. The Bertz CT molecular complexity index is 3030. The van der Waals surface area contributed by atoms with E-state index in [1.165, 1.54) is 35.3 Å². The van der Waals surface area contributed by atoms with Gasteiger partial charge in [0, 0.05) is 38.0 Å². The van der Waals surface area contributed by atoms with Crippen LogP contribution in [0.1, 0.15) is 150 Å². The number of halogens is 2. The van der Waals surface area contributed by atoms with Crippen LogP contribution >= 0.6 is 47.0 Å². The Morgan fingerprint density at radius 3 is 1.18 bits per heavy atom. The van der Waals surface area contributed by atoms with Gasteiger partial charge < -0.3 is 101 Å². The lowest BCUT2D eigenvalue weighted by atomic mass is 9.73. The van der Waals surface area contributed by atoms with Crippen molar-refractivity contribution in [1.82, 2.24) is 40.9 Å². The Labute approximate surface area is 691 Å². The number of carbonyl (C=O) groups is 4. The van der Waals surface area contributed by atoms with Crippen molar-refractivity contribution in [3.05, 3.63) is 24.8 Å². The molecule has 8 unspecified atom stereocenters. The van der Waals surface area contributed by atoms with Gasteiger partial charge in [0.25, 0.3) is 6.43 Å². The molecular weight excluding hydrogens is 1560 g/mol. The fourth-order valence-electron chi connectivity index (χ4n) is 18.9. The number of thioether (sulfide) groups is 4. The normalized spacial score (nSPS) is 39.6. The number of terminal acetylenes is 1. The Kier molecular flexibility index (Phi) is 40.2. The first-order chi connectivity index (χ1) is 54.2. The number of likely N-dealkylation sites (N-methyl/N-ethyl adjacent to an activating group) is 4. The third kappa shape index (κ3) is 24.4. The molecule has 0 spiro atoms. The molecule has 34 heteroatoms. The lowest BCUT2D eigenvalue weighted by Gasteiger charge is -2.48. The monoisotopic (exact) mass is 1700 g/mol. The number of nitrogens with zero attached hydrogens (tertiary/aromatic N) is 4. The standard InChI is InChI=1S/C23H40N2O5S.C21H36N2O5S.C19H32N2O5S.C17H30F2N2O5S/c1-5-9-14-12-15(25(3)13-14)21(29)24-20(23(6-2)10-7-8-11-23)19-17(27)16(26)18(28)22(30-19)31-4;1-4-7-12-10-14(23(2)11-12)20(27)22-15(13-8-5-6-9-13)19-17(25)16(24)18(26)21(28-19)29-3;1-5-7-11-9-13(21(3)10-11)18(25)20-12(8-6-2)17-15(23)14(22)16(24)19(26-17)27-4;1-4-5-8-6-9(21(2)7-8)16(25)20-10(15(18)19)14-12(23)11(22)13(24)17(26-14)27-3/h6,14-20,22,26-28H,2,5,7-13H2,1,3-4H3,(H,24,29);5,8,12-19,21,24-26H,4,6-7,9-11H2,1-3H3,(H,22,27);2,11-17,19,22-24H,5,7-10H2,1,3-4H3,(H,20,25);8-15,17,22-24H,4-7H2,1-3H3,(H,20,25)/t14-,15+,16-,17?,18-,19+,20+,22?;12-,13+,14+,15-,16-,17?,18-,19-,21?;11-,12-,13+,14-,15?,16-,17-,19?;8-,9+,10+,11-,12?,13-,14-,17?/m1111/s1. The Morgan fingerprint density at radius 2 is 0.833 bits per heavy atom. The fraction of sp³-hybridized carbons (Fsp3) is 0.875. The van der Waals surface area contributed by atoms with Gasteiger partial charge in [0.1, 0.15) is 125 Å². The first-order valence-electron chi connectivity index (χ1n) is 41.1. The Balaban J connectivity index is 0.000000211. The van der Waals surface area contributed by atoms with Crippen LogP contribution in [0.15, 0.2) is 24.8 Å². The van der Waals surface area contributed by atoms with E-state index in [-0.39, 0.29) is 48.2 Å². The number of ether oxygens (including phenoxy) is 4. The molecule has 16 N–H and O–H groups in total. The molecular formula is C80H138F2N8O20S4. The summed E-state index contributed by atoms with van der Waals surface area (Å²) in [5.41, 5.74) is -3.41. The van der Waals surface area contributed by atoms with Crippen LogP contribution in [0.25, 0.3) is 0 Å². The molecule has 0 radical (unpaired) electrons. The van der Waals surface area contributed by atoms with E-state index in [1.807, 2.05) is 37.0 Å². The smallest absolute Gasteiger partial charge is 0.261 e. The molecule has 0 bridgehead atoms. The zero-order valence-electron chi connectivity index (χ0n) is 68.7. The number of allylic oxidation sites excluding steroid dienone is 1. The highest BCUT2D eigenvalue weighted by Gasteiger charge is 2.56. The van der Waals surface area contributed by atoms with Gasteiger partial charge in [-0.2, -0.15) is 0 Å². The van der Waals surface area contributed by atoms with E-state index in [0.717, 1.165) is 147 Å². The summed E-state index contributed by atoms with van der Waals surface area (Å²) in [5.74, 6) is 3.62. The van der Waals surface area contributed by atoms with Gasteiger partial charge in [-0.1, -0.05) is 84.4 Å². The minimum absolute atomic E-state index is 0.0293. The first kappa shape index (κ1) is 98.5. The Morgan fingerprint density at radius 1 is 0.500 bits per heavy atom. The highest BCUT2D eigenvalue weighted by molar-refractivity contribution is 7.99. The number of aliphatic hydroxyl groups is 12.